The molecule has 124 valence electrons. The molecule has 6 nitrogen and oxygen atoms in total. The highest BCUT2D eigenvalue weighted by Gasteiger charge is 2.14. The van der Waals surface area contributed by atoms with Crippen molar-refractivity contribution in [2.45, 2.75) is 0 Å². The first-order valence-corrected chi connectivity index (χ1v) is 8.66. The smallest absolute Gasteiger partial charge is 0.322 e. The van der Waals surface area contributed by atoms with Crippen molar-refractivity contribution in [3.05, 3.63) is 57.5 Å². The predicted molar refractivity (Wildman–Crippen MR) is 97.3 cm³/mol. The fourth-order valence-electron chi connectivity index (χ4n) is 2.23. The van der Waals surface area contributed by atoms with Gasteiger partial charge in [-0.1, -0.05) is 28.3 Å². The average Bonchev–Trinajstić information content (AvgIpc) is 3.22. The van der Waals surface area contributed by atoms with Crippen molar-refractivity contribution in [1.29, 1.82) is 0 Å². The van der Waals surface area contributed by atoms with E-state index in [4.69, 9.17) is 27.6 Å². The summed E-state index contributed by atoms with van der Waals surface area (Å²) >= 11 is 13.4. The topological polar surface area (TPSA) is 80.9 Å². The van der Waals surface area contributed by atoms with Crippen molar-refractivity contribution in [2.24, 2.45) is 0 Å². The molecule has 2 heterocycles. The van der Waals surface area contributed by atoms with Gasteiger partial charge in [0, 0.05) is 21.2 Å². The molecule has 0 aliphatic carbocycles. The average molecular weight is 391 g/mol. The molecule has 4 aromatic rings. The lowest BCUT2D eigenvalue weighted by Gasteiger charge is -2.00. The minimum atomic E-state index is -0.352. The Labute approximate surface area is 155 Å². The van der Waals surface area contributed by atoms with E-state index in [-0.39, 0.29) is 17.8 Å². The number of hydrogen-bond donors (Lipinski definition) is 1. The Morgan fingerprint density at radius 2 is 1.88 bits per heavy atom. The standard InChI is InChI=1S/C16H8Cl2N4O2S/c17-10-3-9(4-11(18)6-10)15-21-22-16(24-15)20-14(23)8-1-2-12-13(5-8)25-7-19-12/h1-7H,(H,20,22,23). The first-order chi connectivity index (χ1) is 12.1. The fraction of sp³-hybridized carbons (Fsp3) is 0. The zero-order valence-corrected chi connectivity index (χ0v) is 14.7. The summed E-state index contributed by atoms with van der Waals surface area (Å²) in [5, 5.41) is 11.2. The van der Waals surface area contributed by atoms with Crippen LogP contribution in [0.25, 0.3) is 21.7 Å². The van der Waals surface area contributed by atoms with Gasteiger partial charge in [-0.15, -0.1) is 16.4 Å². The monoisotopic (exact) mass is 390 g/mol. The summed E-state index contributed by atoms with van der Waals surface area (Å²) in [4.78, 5) is 16.5. The van der Waals surface area contributed by atoms with Gasteiger partial charge in [0.1, 0.15) is 0 Å². The molecule has 1 N–H and O–H groups in total. The molecule has 0 bridgehead atoms. The van der Waals surface area contributed by atoms with E-state index < -0.39 is 0 Å². The summed E-state index contributed by atoms with van der Waals surface area (Å²) < 4.78 is 6.39. The minimum Gasteiger partial charge on any atom is -0.403 e. The van der Waals surface area contributed by atoms with Gasteiger partial charge in [0.25, 0.3) is 5.91 Å². The number of anilines is 1. The predicted octanol–water partition coefficient (Wildman–Crippen LogP) is 4.91. The van der Waals surface area contributed by atoms with Gasteiger partial charge in [-0.05, 0) is 36.4 Å². The Morgan fingerprint density at radius 3 is 2.68 bits per heavy atom. The summed E-state index contributed by atoms with van der Waals surface area (Å²) in [7, 11) is 0. The SMILES string of the molecule is O=C(Nc1nnc(-c2cc(Cl)cc(Cl)c2)o1)c1ccc2ncsc2c1. The number of carbonyl (C=O) groups is 1. The molecule has 25 heavy (non-hydrogen) atoms. The van der Waals surface area contributed by atoms with Crippen molar-refractivity contribution in [3.63, 3.8) is 0 Å². The van der Waals surface area contributed by atoms with Gasteiger partial charge in [0.05, 0.1) is 15.7 Å². The van der Waals surface area contributed by atoms with Gasteiger partial charge in [0.2, 0.25) is 5.89 Å². The number of benzene rings is 2. The molecule has 0 unspecified atom stereocenters. The van der Waals surface area contributed by atoms with Crippen LogP contribution in [0, 0.1) is 0 Å². The Morgan fingerprint density at radius 1 is 1.08 bits per heavy atom. The van der Waals surface area contributed by atoms with E-state index in [0.717, 1.165) is 10.2 Å². The molecule has 0 spiro atoms. The molecular formula is C16H8Cl2N4O2S. The molecule has 2 aromatic heterocycles. The molecular weight excluding hydrogens is 383 g/mol. The first-order valence-electron chi connectivity index (χ1n) is 7.03. The number of nitrogens with one attached hydrogen (secondary N) is 1. The number of fused-ring (bicyclic) bond motifs is 1. The summed E-state index contributed by atoms with van der Waals surface area (Å²) in [6, 6.07) is 10.1. The summed E-state index contributed by atoms with van der Waals surface area (Å²) in [6.07, 6.45) is 0. The highest BCUT2D eigenvalue weighted by molar-refractivity contribution is 7.16. The van der Waals surface area contributed by atoms with E-state index in [9.17, 15) is 4.79 Å². The van der Waals surface area contributed by atoms with Crippen LogP contribution in [0.4, 0.5) is 6.01 Å². The molecule has 0 saturated carbocycles. The number of amides is 1. The number of nitrogens with zero attached hydrogens (tertiary/aromatic N) is 3. The van der Waals surface area contributed by atoms with Crippen LogP contribution < -0.4 is 5.32 Å². The van der Waals surface area contributed by atoms with Crippen LogP contribution in [0.15, 0.2) is 46.3 Å². The molecule has 9 heteroatoms. The van der Waals surface area contributed by atoms with Gasteiger partial charge >= 0.3 is 6.01 Å². The molecule has 0 fully saturated rings. The third-order valence-electron chi connectivity index (χ3n) is 3.35. The summed E-state index contributed by atoms with van der Waals surface area (Å²) in [5.74, 6) is -0.146. The lowest BCUT2D eigenvalue weighted by molar-refractivity contribution is 0.102. The van der Waals surface area contributed by atoms with Crippen molar-refractivity contribution >= 4 is 56.7 Å². The number of halogens is 2. The van der Waals surface area contributed by atoms with Crippen molar-refractivity contribution in [3.8, 4) is 11.5 Å². The first kappa shape index (κ1) is 16.0. The van der Waals surface area contributed by atoms with Crippen LogP contribution in [0.5, 0.6) is 0 Å². The maximum atomic E-state index is 12.3. The Hall–Kier alpha value is -2.48. The quantitative estimate of drug-likeness (QED) is 0.537. The number of aromatic nitrogens is 3. The second-order valence-corrected chi connectivity index (χ2v) is 6.82. The van der Waals surface area contributed by atoms with Gasteiger partial charge in [-0.3, -0.25) is 10.1 Å². The number of rotatable bonds is 3. The molecule has 2 aromatic carbocycles. The third-order valence-corrected chi connectivity index (χ3v) is 4.58. The Kier molecular flexibility index (Phi) is 4.12. The Balaban J connectivity index is 1.56. The van der Waals surface area contributed by atoms with Gasteiger partial charge in [-0.25, -0.2) is 4.98 Å². The second-order valence-electron chi connectivity index (χ2n) is 5.06. The van der Waals surface area contributed by atoms with Crippen molar-refractivity contribution < 1.29 is 9.21 Å². The van der Waals surface area contributed by atoms with Gasteiger partial charge < -0.3 is 4.42 Å². The van der Waals surface area contributed by atoms with E-state index in [1.54, 1.807) is 41.9 Å². The van der Waals surface area contributed by atoms with E-state index in [2.05, 4.69) is 20.5 Å². The van der Waals surface area contributed by atoms with E-state index >= 15 is 0 Å². The summed E-state index contributed by atoms with van der Waals surface area (Å²) in [5.41, 5.74) is 3.62. The molecule has 4 rings (SSSR count). The minimum absolute atomic E-state index is 0.0134. The van der Waals surface area contributed by atoms with Gasteiger partial charge in [0.15, 0.2) is 0 Å². The van der Waals surface area contributed by atoms with E-state index in [1.807, 2.05) is 0 Å². The second kappa shape index (κ2) is 6.44. The molecule has 0 saturated heterocycles. The van der Waals surface area contributed by atoms with Crippen molar-refractivity contribution in [2.75, 3.05) is 5.32 Å². The van der Waals surface area contributed by atoms with Crippen LogP contribution in [0.2, 0.25) is 10.0 Å². The maximum absolute atomic E-state index is 12.3. The van der Waals surface area contributed by atoms with Crippen LogP contribution in [0.3, 0.4) is 0 Å². The summed E-state index contributed by atoms with van der Waals surface area (Å²) in [6.45, 7) is 0. The normalized spacial score (nSPS) is 11.0. The molecule has 0 radical (unpaired) electrons. The zero-order valence-electron chi connectivity index (χ0n) is 12.4. The third kappa shape index (κ3) is 3.34. The fourth-order valence-corrected chi connectivity index (χ4v) is 3.48. The molecule has 0 aliphatic heterocycles. The highest BCUT2D eigenvalue weighted by Crippen LogP contribution is 2.27. The number of carbonyl (C=O) groups excluding carboxylic acids is 1. The highest BCUT2D eigenvalue weighted by atomic mass is 35.5. The largest absolute Gasteiger partial charge is 0.403 e. The van der Waals surface area contributed by atoms with E-state index in [0.29, 0.717) is 21.2 Å². The van der Waals surface area contributed by atoms with Crippen LogP contribution >= 0.6 is 34.5 Å². The number of thiazole rings is 1. The van der Waals surface area contributed by atoms with Crippen LogP contribution in [-0.4, -0.2) is 21.1 Å². The molecule has 1 amide bonds. The van der Waals surface area contributed by atoms with Crippen molar-refractivity contribution in [1.82, 2.24) is 15.2 Å². The van der Waals surface area contributed by atoms with Gasteiger partial charge in [-0.2, -0.15) is 0 Å². The molecule has 0 aliphatic rings. The molecule has 0 atom stereocenters. The zero-order chi connectivity index (χ0) is 17.4. The lowest BCUT2D eigenvalue weighted by atomic mass is 10.2. The lowest BCUT2D eigenvalue weighted by Crippen LogP contribution is -2.11. The Bertz CT molecular complexity index is 1070. The van der Waals surface area contributed by atoms with E-state index in [1.165, 1.54) is 11.3 Å². The number of hydrogen-bond acceptors (Lipinski definition) is 6. The maximum Gasteiger partial charge on any atom is 0.322 e. The van der Waals surface area contributed by atoms with Crippen LogP contribution in [-0.2, 0) is 0 Å². The van der Waals surface area contributed by atoms with Crippen LogP contribution in [0.1, 0.15) is 10.4 Å².